The Kier molecular flexibility index (Phi) is 6.66. The van der Waals surface area contributed by atoms with Gasteiger partial charge < -0.3 is 9.64 Å². The first kappa shape index (κ1) is 22.9. The van der Waals surface area contributed by atoms with Crippen LogP contribution in [0.1, 0.15) is 48.5 Å². The van der Waals surface area contributed by atoms with Gasteiger partial charge in [0, 0.05) is 37.0 Å². The maximum Gasteiger partial charge on any atom is 0.263 e. The molecule has 3 heterocycles. The number of fused-ring (bicyclic) bond motifs is 1. The first-order chi connectivity index (χ1) is 17.1. The average Bonchev–Trinajstić information content (AvgIpc) is 3.12. The number of Topliss-reactive ketones (excluding diaryl/α,β-unsaturated/α-hetero) is 2. The van der Waals surface area contributed by atoms with E-state index in [0.29, 0.717) is 35.1 Å². The van der Waals surface area contributed by atoms with Crippen LogP contribution in [-0.2, 0) is 11.2 Å². The fourth-order valence-corrected chi connectivity index (χ4v) is 4.70. The average molecular weight is 469 g/mol. The van der Waals surface area contributed by atoms with Gasteiger partial charge in [-0.3, -0.25) is 9.59 Å². The molecule has 2 aliphatic heterocycles. The van der Waals surface area contributed by atoms with Gasteiger partial charge in [0.1, 0.15) is 11.5 Å². The number of rotatable bonds is 6. The summed E-state index contributed by atoms with van der Waals surface area (Å²) in [5, 5.41) is 0. The van der Waals surface area contributed by atoms with E-state index in [1.54, 1.807) is 43.6 Å². The van der Waals surface area contributed by atoms with Gasteiger partial charge in [0.25, 0.3) is 5.88 Å². The van der Waals surface area contributed by atoms with Gasteiger partial charge in [-0.1, -0.05) is 18.2 Å². The Hall–Kier alpha value is -3.87. The third-order valence-corrected chi connectivity index (χ3v) is 6.72. The Morgan fingerprint density at radius 1 is 0.943 bits per heavy atom. The quantitative estimate of drug-likeness (QED) is 0.453. The number of ether oxygens (including phenoxy) is 1. The number of nitrogens with zero attached hydrogens (tertiary/aromatic N) is 4. The number of hydrogen-bond acceptors (Lipinski definition) is 7. The van der Waals surface area contributed by atoms with Gasteiger partial charge in [-0.15, -0.1) is 0 Å². The first-order valence-electron chi connectivity index (χ1n) is 12.1. The van der Waals surface area contributed by atoms with Crippen LogP contribution in [0.25, 0.3) is 0 Å². The van der Waals surface area contributed by atoms with E-state index >= 15 is 0 Å². The van der Waals surface area contributed by atoms with E-state index in [0.717, 1.165) is 44.5 Å². The van der Waals surface area contributed by atoms with Crippen LogP contribution in [0.15, 0.2) is 65.9 Å². The van der Waals surface area contributed by atoms with Crippen molar-refractivity contribution in [3.8, 4) is 11.6 Å². The van der Waals surface area contributed by atoms with Crippen LogP contribution >= 0.6 is 0 Å². The number of aromatic nitrogens is 2. The molecule has 0 aliphatic carbocycles. The normalized spacial score (nSPS) is 16.1. The zero-order chi connectivity index (χ0) is 24.2. The highest BCUT2D eigenvalue weighted by Crippen LogP contribution is 2.31. The maximum absolute atomic E-state index is 13.1. The Labute approximate surface area is 204 Å². The van der Waals surface area contributed by atoms with Crippen LogP contribution in [0.2, 0.25) is 0 Å². The molecular formula is C28H28N4O3. The van der Waals surface area contributed by atoms with E-state index in [1.165, 1.54) is 5.56 Å². The molecule has 7 nitrogen and oxygen atoms in total. The minimum atomic E-state index is -0.0539. The van der Waals surface area contributed by atoms with Crippen molar-refractivity contribution < 1.29 is 14.3 Å². The largest absolute Gasteiger partial charge is 0.436 e. The predicted octanol–water partition coefficient (Wildman–Crippen LogP) is 5.37. The molecule has 178 valence electrons. The van der Waals surface area contributed by atoms with Crippen LogP contribution in [0.5, 0.6) is 11.6 Å². The Balaban J connectivity index is 1.30. The molecule has 0 spiro atoms. The Bertz CT molecular complexity index is 1260. The lowest BCUT2D eigenvalue weighted by Gasteiger charge is -2.32. The summed E-state index contributed by atoms with van der Waals surface area (Å²) in [5.74, 6) is 1.97. The van der Waals surface area contributed by atoms with Crippen LogP contribution < -0.4 is 9.64 Å². The molecule has 0 saturated carbocycles. The summed E-state index contributed by atoms with van der Waals surface area (Å²) in [5.41, 5.74) is 3.25. The topological polar surface area (TPSA) is 84.8 Å². The molecule has 0 radical (unpaired) electrons. The molecule has 0 bridgehead atoms. The summed E-state index contributed by atoms with van der Waals surface area (Å²) >= 11 is 0. The molecule has 0 unspecified atom stereocenters. The van der Waals surface area contributed by atoms with Gasteiger partial charge in [0.05, 0.1) is 11.4 Å². The molecule has 2 aliphatic rings. The third kappa shape index (κ3) is 5.14. The van der Waals surface area contributed by atoms with E-state index in [-0.39, 0.29) is 17.5 Å². The molecule has 35 heavy (non-hydrogen) atoms. The highest BCUT2D eigenvalue weighted by atomic mass is 16.5. The molecule has 3 aromatic rings. The molecule has 1 aromatic heterocycles. The molecular weight excluding hydrogens is 440 g/mol. The van der Waals surface area contributed by atoms with Crippen molar-refractivity contribution in [1.29, 1.82) is 0 Å². The molecule has 0 atom stereocenters. The van der Waals surface area contributed by atoms with Gasteiger partial charge >= 0.3 is 0 Å². The Morgan fingerprint density at radius 3 is 2.46 bits per heavy atom. The van der Waals surface area contributed by atoms with Crippen molar-refractivity contribution in [2.75, 3.05) is 18.0 Å². The smallest absolute Gasteiger partial charge is 0.263 e. The number of piperidine rings is 1. The van der Waals surface area contributed by atoms with E-state index < -0.39 is 0 Å². The highest BCUT2D eigenvalue weighted by Gasteiger charge is 2.25. The molecule has 2 aromatic carbocycles. The Morgan fingerprint density at radius 2 is 1.69 bits per heavy atom. The summed E-state index contributed by atoms with van der Waals surface area (Å²) in [6.45, 7) is 3.13. The van der Waals surface area contributed by atoms with Gasteiger partial charge in [-0.2, -0.15) is 0 Å². The zero-order valence-corrected chi connectivity index (χ0v) is 19.8. The molecule has 7 heteroatoms. The summed E-state index contributed by atoms with van der Waals surface area (Å²) in [4.78, 5) is 40.5. The van der Waals surface area contributed by atoms with Crippen LogP contribution in [-0.4, -0.2) is 40.3 Å². The van der Waals surface area contributed by atoms with Crippen LogP contribution in [0, 0.1) is 5.92 Å². The van der Waals surface area contributed by atoms with Crippen molar-refractivity contribution in [2.24, 2.45) is 10.9 Å². The fraction of sp³-hybridized carbons (Fsp3) is 0.321. The number of carbonyl (C=O) groups excluding carboxylic acids is 2. The van der Waals surface area contributed by atoms with Crippen molar-refractivity contribution in [1.82, 2.24) is 9.97 Å². The maximum atomic E-state index is 13.1. The number of aryl methyl sites for hydroxylation is 1. The van der Waals surface area contributed by atoms with Gasteiger partial charge in [-0.25, -0.2) is 15.0 Å². The lowest BCUT2D eigenvalue weighted by Crippen LogP contribution is -2.36. The number of anilines is 1. The minimum Gasteiger partial charge on any atom is -0.436 e. The highest BCUT2D eigenvalue weighted by molar-refractivity contribution is 6.46. The van der Waals surface area contributed by atoms with Crippen molar-refractivity contribution >= 4 is 28.8 Å². The molecule has 1 saturated heterocycles. The summed E-state index contributed by atoms with van der Waals surface area (Å²) in [6.07, 6.45) is 7.34. The second-order valence-electron chi connectivity index (χ2n) is 9.05. The van der Waals surface area contributed by atoms with Crippen LogP contribution in [0.4, 0.5) is 11.5 Å². The SMILES string of the molecule is CC(=O)C1CCN(c2nccnc2Oc2ccc(C(=O)C3=Nc4ccccc4CCC3)cc2)CC1. The number of aliphatic imine (C=N–C) groups is 1. The molecule has 0 N–H and O–H groups in total. The third-order valence-electron chi connectivity index (χ3n) is 6.72. The standard InChI is InChI=1S/C28H28N4O3/c1-19(33)20-13-17-32(18-14-20)27-28(30-16-15-29-27)35-23-11-9-22(10-12-23)26(34)25-8-4-6-21-5-2-3-7-24(21)31-25/h2-3,5,7,9-12,15-16,20H,4,6,8,13-14,17-18H2,1H3. The first-order valence-corrected chi connectivity index (χ1v) is 12.1. The lowest BCUT2D eigenvalue weighted by molar-refractivity contribution is -0.121. The summed E-state index contributed by atoms with van der Waals surface area (Å²) in [7, 11) is 0. The molecule has 1 fully saturated rings. The molecule has 0 amide bonds. The number of hydrogen-bond donors (Lipinski definition) is 0. The van der Waals surface area contributed by atoms with Gasteiger partial charge in [0.15, 0.2) is 5.82 Å². The van der Waals surface area contributed by atoms with Crippen molar-refractivity contribution in [2.45, 2.75) is 39.0 Å². The summed E-state index contributed by atoms with van der Waals surface area (Å²) in [6, 6.07) is 15.1. The van der Waals surface area contributed by atoms with E-state index in [1.807, 2.05) is 18.2 Å². The second kappa shape index (κ2) is 10.2. The van der Waals surface area contributed by atoms with E-state index in [2.05, 4.69) is 25.9 Å². The monoisotopic (exact) mass is 468 g/mol. The fourth-order valence-electron chi connectivity index (χ4n) is 4.70. The van der Waals surface area contributed by atoms with E-state index in [4.69, 9.17) is 4.74 Å². The van der Waals surface area contributed by atoms with Gasteiger partial charge in [0.2, 0.25) is 5.78 Å². The molecule has 5 rings (SSSR count). The summed E-state index contributed by atoms with van der Waals surface area (Å²) < 4.78 is 6.06. The minimum absolute atomic E-state index is 0.0539. The number of ketones is 2. The number of benzene rings is 2. The van der Waals surface area contributed by atoms with Crippen LogP contribution in [0.3, 0.4) is 0 Å². The number of carbonyl (C=O) groups is 2. The van der Waals surface area contributed by atoms with E-state index in [9.17, 15) is 9.59 Å². The lowest BCUT2D eigenvalue weighted by atomic mass is 9.93. The van der Waals surface area contributed by atoms with Crippen molar-refractivity contribution in [3.63, 3.8) is 0 Å². The van der Waals surface area contributed by atoms with Gasteiger partial charge in [-0.05, 0) is 74.9 Å². The second-order valence-corrected chi connectivity index (χ2v) is 9.05. The predicted molar refractivity (Wildman–Crippen MR) is 135 cm³/mol. The zero-order valence-electron chi connectivity index (χ0n) is 19.8. The number of para-hydroxylation sites is 1. The van der Waals surface area contributed by atoms with Crippen molar-refractivity contribution in [3.05, 3.63) is 72.1 Å².